The summed E-state index contributed by atoms with van der Waals surface area (Å²) in [6.07, 6.45) is 3.97. The Kier molecular flexibility index (Phi) is 7.88. The van der Waals surface area contributed by atoms with Crippen molar-refractivity contribution in [2.45, 2.75) is 45.2 Å². The number of hydrogen-bond donors (Lipinski definition) is 2. The molecule has 1 aromatic heterocycles. The van der Waals surface area contributed by atoms with Crippen LogP contribution in [0.4, 0.5) is 13.2 Å². The second-order valence-corrected chi connectivity index (χ2v) is 6.69. The molecule has 0 aliphatic heterocycles. The molecule has 0 saturated heterocycles. The zero-order valence-corrected chi connectivity index (χ0v) is 16.3. The van der Waals surface area contributed by atoms with Crippen molar-refractivity contribution in [1.29, 1.82) is 0 Å². The van der Waals surface area contributed by atoms with E-state index in [-0.39, 0.29) is 12.3 Å². The number of allylic oxidation sites excluding steroid dienone is 5. The van der Waals surface area contributed by atoms with E-state index in [1.165, 1.54) is 12.3 Å². The van der Waals surface area contributed by atoms with E-state index >= 15 is 0 Å². The predicted molar refractivity (Wildman–Crippen MR) is 106 cm³/mol. The fourth-order valence-electron chi connectivity index (χ4n) is 2.53. The standard InChI is InChI=1S/C20H20F3N3OS/c1-14(19(28)26-18(27)16-8-5-10-24-13-16)25-11-3-2-6-15-7-4-9-17(12-15)20(21,22)23/h5,7-8,10,12-13H,2-4,6,9H2,1H3,(H-,26,27,28)/p+1/b19-14-. The topological polar surface area (TPSA) is 46.4 Å². The lowest BCUT2D eigenvalue weighted by molar-refractivity contribution is -0.0941. The van der Waals surface area contributed by atoms with Gasteiger partial charge in [-0.25, -0.2) is 0 Å². The van der Waals surface area contributed by atoms with Gasteiger partial charge in [0.1, 0.15) is 0 Å². The van der Waals surface area contributed by atoms with Gasteiger partial charge < -0.3 is 5.32 Å². The SMILES string of the molecule is C/C([N+]#CCCCC1=CCCC(C(F)(F)F)=C1)=C(/S)NC(=O)c1cccnc1. The monoisotopic (exact) mass is 408 g/mol. The number of unbranched alkanes of at least 4 members (excludes halogenated alkanes) is 1. The maximum atomic E-state index is 12.8. The summed E-state index contributed by atoms with van der Waals surface area (Å²) in [6.45, 7) is 1.68. The van der Waals surface area contributed by atoms with Gasteiger partial charge in [0, 0.05) is 24.9 Å². The van der Waals surface area contributed by atoms with Gasteiger partial charge in [-0.1, -0.05) is 17.7 Å². The van der Waals surface area contributed by atoms with Crippen molar-refractivity contribution < 1.29 is 18.0 Å². The minimum atomic E-state index is -4.25. The molecule has 4 nitrogen and oxygen atoms in total. The highest BCUT2D eigenvalue weighted by Gasteiger charge is 2.33. The molecule has 1 N–H and O–H groups in total. The van der Waals surface area contributed by atoms with Gasteiger partial charge in [0.15, 0.2) is 5.03 Å². The number of pyridine rings is 1. The van der Waals surface area contributed by atoms with E-state index in [4.69, 9.17) is 0 Å². The van der Waals surface area contributed by atoms with Crippen molar-refractivity contribution in [2.24, 2.45) is 0 Å². The fraction of sp³-hybridized carbons (Fsp3) is 0.350. The molecular formula is C20H21F3N3OS+. The van der Waals surface area contributed by atoms with Crippen LogP contribution in [0, 0.1) is 6.07 Å². The largest absolute Gasteiger partial charge is 0.412 e. The Balaban J connectivity index is 1.83. The van der Waals surface area contributed by atoms with Gasteiger partial charge in [-0.2, -0.15) is 13.2 Å². The third-order valence-electron chi connectivity index (χ3n) is 4.04. The van der Waals surface area contributed by atoms with Crippen molar-refractivity contribution in [3.8, 4) is 6.07 Å². The zero-order chi connectivity index (χ0) is 20.6. The van der Waals surface area contributed by atoms with Crippen LogP contribution in [0.2, 0.25) is 0 Å². The lowest BCUT2D eigenvalue weighted by Crippen LogP contribution is -2.21. The first-order valence-electron chi connectivity index (χ1n) is 8.79. The molecule has 1 heterocycles. The van der Waals surface area contributed by atoms with Gasteiger partial charge in [0.25, 0.3) is 12.0 Å². The molecule has 1 amide bonds. The van der Waals surface area contributed by atoms with Crippen molar-refractivity contribution in [1.82, 2.24) is 10.3 Å². The average molecular weight is 408 g/mol. The molecule has 0 unspecified atom stereocenters. The maximum absolute atomic E-state index is 12.8. The third-order valence-corrected chi connectivity index (χ3v) is 4.48. The number of carbonyl (C=O) groups excluding carboxylic acids is 1. The molecule has 8 heteroatoms. The number of nitrogens with one attached hydrogen (secondary N) is 1. The van der Waals surface area contributed by atoms with Crippen LogP contribution >= 0.6 is 12.6 Å². The van der Waals surface area contributed by atoms with Crippen LogP contribution in [-0.2, 0) is 0 Å². The van der Waals surface area contributed by atoms with Crippen LogP contribution in [-0.4, -0.2) is 17.1 Å². The number of halogens is 3. The summed E-state index contributed by atoms with van der Waals surface area (Å²) in [7, 11) is 0. The second kappa shape index (κ2) is 10.1. The molecule has 0 radical (unpaired) electrons. The van der Waals surface area contributed by atoms with E-state index in [9.17, 15) is 18.0 Å². The Morgan fingerprint density at radius 2 is 2.21 bits per heavy atom. The van der Waals surface area contributed by atoms with Gasteiger partial charge in [0.05, 0.1) is 12.0 Å². The third kappa shape index (κ3) is 6.89. The normalized spacial score (nSPS) is 14.9. The number of rotatable bonds is 5. The average Bonchev–Trinajstić information content (AvgIpc) is 2.67. The summed E-state index contributed by atoms with van der Waals surface area (Å²) in [6, 6.07) is 6.13. The Labute approximate surface area is 167 Å². The van der Waals surface area contributed by atoms with Crippen LogP contribution in [0.3, 0.4) is 0 Å². The number of alkyl halides is 3. The van der Waals surface area contributed by atoms with Crippen LogP contribution in [0.5, 0.6) is 0 Å². The summed E-state index contributed by atoms with van der Waals surface area (Å²) in [4.78, 5) is 20.0. The van der Waals surface area contributed by atoms with Crippen LogP contribution in [0.15, 0.2) is 58.6 Å². The molecule has 0 saturated carbocycles. The fourth-order valence-corrected chi connectivity index (χ4v) is 2.68. The highest BCUT2D eigenvalue weighted by molar-refractivity contribution is 7.84. The van der Waals surface area contributed by atoms with Gasteiger partial charge in [-0.05, 0) is 42.7 Å². The van der Waals surface area contributed by atoms with Gasteiger partial charge in [0.2, 0.25) is 0 Å². The molecule has 28 heavy (non-hydrogen) atoms. The molecule has 2 rings (SSSR count). The molecule has 0 atom stereocenters. The van der Waals surface area contributed by atoms with Crippen molar-refractivity contribution in [3.05, 3.63) is 69.0 Å². The van der Waals surface area contributed by atoms with Crippen LogP contribution in [0.1, 0.15) is 49.4 Å². The van der Waals surface area contributed by atoms with Crippen molar-refractivity contribution in [2.75, 3.05) is 0 Å². The van der Waals surface area contributed by atoms with E-state index < -0.39 is 11.7 Å². The van der Waals surface area contributed by atoms with E-state index in [1.54, 1.807) is 25.3 Å². The highest BCUT2D eigenvalue weighted by Crippen LogP contribution is 2.33. The number of nitrogens with zero attached hydrogens (tertiary/aromatic N) is 2. The smallest absolute Gasteiger partial charge is 0.310 e. The number of carbonyl (C=O) groups is 1. The van der Waals surface area contributed by atoms with E-state index in [2.05, 4.69) is 33.8 Å². The Hall–Kier alpha value is -2.53. The quantitative estimate of drug-likeness (QED) is 0.489. The molecular weight excluding hydrogens is 387 g/mol. The number of hydrogen-bond acceptors (Lipinski definition) is 3. The van der Waals surface area contributed by atoms with Gasteiger partial charge >= 0.3 is 11.9 Å². The molecule has 0 fully saturated rings. The second-order valence-electron chi connectivity index (χ2n) is 6.24. The minimum Gasteiger partial charge on any atom is -0.310 e. The van der Waals surface area contributed by atoms with E-state index in [0.717, 1.165) is 0 Å². The molecule has 148 valence electrons. The van der Waals surface area contributed by atoms with Crippen molar-refractivity contribution in [3.63, 3.8) is 0 Å². The summed E-state index contributed by atoms with van der Waals surface area (Å²) in [5.74, 6) is -0.343. The molecule has 0 aromatic carbocycles. The lowest BCUT2D eigenvalue weighted by atomic mass is 9.96. The van der Waals surface area contributed by atoms with Crippen molar-refractivity contribution >= 4 is 18.5 Å². The zero-order valence-electron chi connectivity index (χ0n) is 15.4. The molecule has 1 aliphatic carbocycles. The summed E-state index contributed by atoms with van der Waals surface area (Å²) in [5, 5.41) is 2.92. The van der Waals surface area contributed by atoms with E-state index in [0.29, 0.717) is 47.5 Å². The molecule has 1 aromatic rings. The number of thiol groups is 1. The van der Waals surface area contributed by atoms with Gasteiger partial charge in [-0.3, -0.25) is 9.78 Å². The minimum absolute atomic E-state index is 0.0417. The predicted octanol–water partition coefficient (Wildman–Crippen LogP) is 5.64. The number of amides is 1. The van der Waals surface area contributed by atoms with E-state index in [1.807, 2.05) is 6.08 Å². The summed E-state index contributed by atoms with van der Waals surface area (Å²) in [5.41, 5.74) is 1.12. The van der Waals surface area contributed by atoms with Crippen LogP contribution in [0.25, 0.3) is 4.85 Å². The van der Waals surface area contributed by atoms with Crippen LogP contribution < -0.4 is 5.32 Å². The first kappa shape index (κ1) is 21.8. The summed E-state index contributed by atoms with van der Waals surface area (Å²) >= 11 is 4.23. The Morgan fingerprint density at radius 3 is 2.89 bits per heavy atom. The summed E-state index contributed by atoms with van der Waals surface area (Å²) < 4.78 is 38.3. The molecule has 0 bridgehead atoms. The Morgan fingerprint density at radius 1 is 1.43 bits per heavy atom. The lowest BCUT2D eigenvalue weighted by Gasteiger charge is -2.16. The Bertz CT molecular complexity index is 862. The number of aromatic nitrogens is 1. The molecule has 1 aliphatic rings. The first-order valence-corrected chi connectivity index (χ1v) is 9.23. The van der Waals surface area contributed by atoms with Gasteiger partial charge in [-0.15, -0.1) is 12.6 Å². The maximum Gasteiger partial charge on any atom is 0.412 e. The highest BCUT2D eigenvalue weighted by atomic mass is 32.1. The molecule has 0 spiro atoms. The first-order chi connectivity index (χ1) is 13.3.